The molecule has 10 nitrogen and oxygen atoms in total. The van der Waals surface area contributed by atoms with E-state index in [1.807, 2.05) is 0 Å². The number of nitrogens with one attached hydrogen (secondary N) is 2. The molecule has 0 amide bonds. The van der Waals surface area contributed by atoms with Crippen molar-refractivity contribution in [1.29, 1.82) is 0 Å². The first-order valence-electron chi connectivity index (χ1n) is 7.34. The summed E-state index contributed by atoms with van der Waals surface area (Å²) in [5, 5.41) is 7.39. The van der Waals surface area contributed by atoms with Crippen LogP contribution in [0.15, 0.2) is 68.5 Å². The largest absolute Gasteiger partial charge is 0.295 e. The first-order chi connectivity index (χ1) is 13.1. The number of rotatable bonds is 6. The van der Waals surface area contributed by atoms with E-state index < -0.39 is 20.2 Å². The van der Waals surface area contributed by atoms with E-state index >= 15 is 0 Å². The van der Waals surface area contributed by atoms with Gasteiger partial charge in [0.25, 0.3) is 20.2 Å². The molecule has 0 fully saturated rings. The van der Waals surface area contributed by atoms with Crippen LogP contribution < -0.4 is 10.9 Å². The highest BCUT2D eigenvalue weighted by atomic mass is 32.2. The van der Waals surface area contributed by atoms with Crippen molar-refractivity contribution in [3.8, 4) is 0 Å². The maximum atomic E-state index is 11.3. The minimum atomic E-state index is -4.41. The van der Waals surface area contributed by atoms with Crippen molar-refractivity contribution in [3.05, 3.63) is 59.7 Å². The van der Waals surface area contributed by atoms with Crippen LogP contribution in [0.3, 0.4) is 0 Å². The summed E-state index contributed by atoms with van der Waals surface area (Å²) in [6.45, 7) is 0. The molecule has 28 heavy (non-hydrogen) atoms. The third kappa shape index (κ3) is 6.17. The molecule has 148 valence electrons. The van der Waals surface area contributed by atoms with Crippen LogP contribution in [0.2, 0.25) is 0 Å². The van der Waals surface area contributed by atoms with Crippen LogP contribution in [0.4, 0.5) is 0 Å². The van der Waals surface area contributed by atoms with Gasteiger partial charge in [-0.15, -0.1) is 0 Å². The predicted octanol–water partition coefficient (Wildman–Crippen LogP) is 1.01. The van der Waals surface area contributed by atoms with E-state index in [1.165, 1.54) is 36.4 Å². The maximum absolute atomic E-state index is 11.3. The van der Waals surface area contributed by atoms with Crippen LogP contribution >= 0.6 is 12.2 Å². The van der Waals surface area contributed by atoms with Gasteiger partial charge in [-0.05, 0) is 24.4 Å². The van der Waals surface area contributed by atoms with Crippen LogP contribution in [-0.4, -0.2) is 43.5 Å². The van der Waals surface area contributed by atoms with Gasteiger partial charge in [0.05, 0.1) is 12.4 Å². The van der Waals surface area contributed by atoms with E-state index in [4.69, 9.17) is 21.3 Å². The molecule has 0 radical (unpaired) electrons. The average Bonchev–Trinajstić information content (AvgIpc) is 2.61. The van der Waals surface area contributed by atoms with Gasteiger partial charge in [0.15, 0.2) is 0 Å². The monoisotopic (exact) mass is 442 g/mol. The second kappa shape index (κ2) is 8.99. The molecule has 0 spiro atoms. The van der Waals surface area contributed by atoms with Crippen molar-refractivity contribution < 1.29 is 25.9 Å². The SMILES string of the molecule is O=S(=O)(O)c1ccccc1/C=N/NC(=S)N/N=C/c1ccccc1S(=O)(=O)O. The van der Waals surface area contributed by atoms with Gasteiger partial charge in [0.2, 0.25) is 5.11 Å². The van der Waals surface area contributed by atoms with Crippen LogP contribution in [0.1, 0.15) is 11.1 Å². The van der Waals surface area contributed by atoms with Crippen LogP contribution in [-0.2, 0) is 20.2 Å². The average molecular weight is 443 g/mol. The van der Waals surface area contributed by atoms with Crippen molar-refractivity contribution >= 4 is 50.0 Å². The Balaban J connectivity index is 2.02. The summed E-state index contributed by atoms with van der Waals surface area (Å²) >= 11 is 4.91. The Bertz CT molecular complexity index is 1050. The van der Waals surface area contributed by atoms with Crippen molar-refractivity contribution in [3.63, 3.8) is 0 Å². The van der Waals surface area contributed by atoms with Crippen LogP contribution in [0.5, 0.6) is 0 Å². The number of nitrogens with zero attached hydrogens (tertiary/aromatic N) is 2. The van der Waals surface area contributed by atoms with E-state index in [1.54, 1.807) is 12.1 Å². The predicted molar refractivity (Wildman–Crippen MR) is 107 cm³/mol. The zero-order chi connectivity index (χ0) is 20.8. The molecule has 0 aromatic heterocycles. The summed E-state index contributed by atoms with van der Waals surface area (Å²) in [7, 11) is -8.81. The van der Waals surface area contributed by atoms with E-state index in [9.17, 15) is 16.8 Å². The highest BCUT2D eigenvalue weighted by Crippen LogP contribution is 2.13. The number of hydrogen-bond donors (Lipinski definition) is 4. The fourth-order valence-corrected chi connectivity index (χ4v) is 3.43. The molecule has 0 aliphatic rings. The van der Waals surface area contributed by atoms with Gasteiger partial charge in [-0.2, -0.15) is 27.0 Å². The summed E-state index contributed by atoms with van der Waals surface area (Å²) in [5.74, 6) is 0. The second-order valence-electron chi connectivity index (χ2n) is 5.09. The molecular weight excluding hydrogens is 428 g/mol. The fraction of sp³-hybridized carbons (Fsp3) is 0. The third-order valence-electron chi connectivity index (χ3n) is 3.13. The summed E-state index contributed by atoms with van der Waals surface area (Å²) < 4.78 is 63.4. The van der Waals surface area contributed by atoms with Gasteiger partial charge < -0.3 is 0 Å². The van der Waals surface area contributed by atoms with E-state index in [2.05, 4.69) is 21.1 Å². The lowest BCUT2D eigenvalue weighted by molar-refractivity contribution is 0.481. The number of hydrogen-bond acceptors (Lipinski definition) is 7. The molecule has 2 aromatic rings. The van der Waals surface area contributed by atoms with E-state index in [0.717, 1.165) is 12.4 Å². The molecule has 0 saturated carbocycles. The first kappa shape index (κ1) is 21.6. The molecule has 0 atom stereocenters. The van der Waals surface area contributed by atoms with Crippen molar-refractivity contribution in [1.82, 2.24) is 10.9 Å². The molecule has 0 unspecified atom stereocenters. The lowest BCUT2D eigenvalue weighted by atomic mass is 10.2. The van der Waals surface area contributed by atoms with Crippen molar-refractivity contribution in [2.75, 3.05) is 0 Å². The Labute approximate surface area is 166 Å². The lowest BCUT2D eigenvalue weighted by Crippen LogP contribution is -2.28. The van der Waals surface area contributed by atoms with Gasteiger partial charge in [0.1, 0.15) is 9.79 Å². The van der Waals surface area contributed by atoms with Gasteiger partial charge in [0, 0.05) is 11.1 Å². The Hall–Kier alpha value is -2.71. The van der Waals surface area contributed by atoms with Crippen LogP contribution in [0.25, 0.3) is 0 Å². The highest BCUT2D eigenvalue weighted by Gasteiger charge is 2.14. The zero-order valence-electron chi connectivity index (χ0n) is 13.9. The Morgan fingerprint density at radius 1 is 0.786 bits per heavy atom. The molecule has 13 heteroatoms. The van der Waals surface area contributed by atoms with Gasteiger partial charge in [-0.25, -0.2) is 0 Å². The molecule has 0 aliphatic heterocycles. The molecule has 4 N–H and O–H groups in total. The first-order valence-corrected chi connectivity index (χ1v) is 10.6. The highest BCUT2D eigenvalue weighted by molar-refractivity contribution is 7.86. The molecule has 0 saturated heterocycles. The zero-order valence-corrected chi connectivity index (χ0v) is 16.4. The number of benzene rings is 2. The molecule has 0 heterocycles. The van der Waals surface area contributed by atoms with Crippen molar-refractivity contribution in [2.24, 2.45) is 10.2 Å². The maximum Gasteiger partial charge on any atom is 0.295 e. The lowest BCUT2D eigenvalue weighted by Gasteiger charge is -2.04. The van der Waals surface area contributed by atoms with Gasteiger partial charge in [-0.1, -0.05) is 36.4 Å². The standard InChI is InChI=1S/C15H14N4O6S3/c20-27(21,22)13-7-3-1-5-11(13)9-16-18-15(26)19-17-10-12-6-2-4-8-14(12)28(23,24)25/h1-10H,(H2,18,19,26)(H,20,21,22)(H,23,24,25)/b16-9+,17-10+. The minimum absolute atomic E-state index is 0.0822. The fourth-order valence-electron chi connectivity index (χ4n) is 1.99. The Morgan fingerprint density at radius 3 is 1.50 bits per heavy atom. The van der Waals surface area contributed by atoms with Gasteiger partial charge >= 0.3 is 0 Å². The number of thiocarbonyl (C=S) groups is 1. The second-order valence-corrected chi connectivity index (χ2v) is 8.28. The molecule has 2 rings (SSSR count). The minimum Gasteiger partial charge on any atom is -0.282 e. The third-order valence-corrected chi connectivity index (χ3v) is 5.17. The normalized spacial score (nSPS) is 12.4. The Morgan fingerprint density at radius 2 is 1.14 bits per heavy atom. The molecular formula is C15H14N4O6S3. The summed E-state index contributed by atoms with van der Waals surface area (Å²) in [4.78, 5) is -0.640. The quantitative estimate of drug-likeness (QED) is 0.222. The summed E-state index contributed by atoms with van der Waals surface area (Å²) in [6, 6.07) is 11.3. The summed E-state index contributed by atoms with van der Waals surface area (Å²) in [5.41, 5.74) is 5.01. The van der Waals surface area contributed by atoms with Crippen LogP contribution in [0, 0.1) is 0 Å². The smallest absolute Gasteiger partial charge is 0.282 e. The number of hydrazone groups is 2. The van der Waals surface area contributed by atoms with Gasteiger partial charge in [-0.3, -0.25) is 20.0 Å². The van der Waals surface area contributed by atoms with E-state index in [0.29, 0.717) is 0 Å². The molecule has 2 aromatic carbocycles. The van der Waals surface area contributed by atoms with E-state index in [-0.39, 0.29) is 26.0 Å². The molecule has 0 bridgehead atoms. The topological polar surface area (TPSA) is 158 Å². The Kier molecular flexibility index (Phi) is 6.93. The molecule has 0 aliphatic carbocycles. The van der Waals surface area contributed by atoms with Crippen molar-refractivity contribution in [2.45, 2.75) is 9.79 Å². The summed E-state index contributed by atoms with van der Waals surface area (Å²) in [6.07, 6.45) is 2.27.